The lowest BCUT2D eigenvalue weighted by Gasteiger charge is -2.33. The molecule has 0 radical (unpaired) electrons. The van der Waals surface area contributed by atoms with Crippen molar-refractivity contribution in [3.8, 4) is 0 Å². The van der Waals surface area contributed by atoms with E-state index in [0.717, 1.165) is 49.8 Å². The number of thiophene rings is 1. The molecule has 24 heavy (non-hydrogen) atoms. The molecule has 2 aliphatic rings. The number of hydrogen-bond donors (Lipinski definition) is 1. The summed E-state index contributed by atoms with van der Waals surface area (Å²) in [5, 5.41) is 2.10. The molecule has 2 aromatic rings. The maximum atomic E-state index is 12.6. The fraction of sp³-hybridized carbons (Fsp3) is 0.556. The van der Waals surface area contributed by atoms with Crippen LogP contribution in [0.5, 0.6) is 0 Å². The molecule has 1 atom stereocenters. The van der Waals surface area contributed by atoms with Crippen LogP contribution in [0.4, 0.5) is 5.95 Å². The van der Waals surface area contributed by atoms with E-state index in [1.807, 2.05) is 0 Å². The lowest BCUT2D eigenvalue weighted by atomic mass is 10.0. The van der Waals surface area contributed by atoms with Crippen molar-refractivity contribution >= 4 is 17.3 Å². The second-order valence-corrected chi connectivity index (χ2v) is 8.08. The fourth-order valence-electron chi connectivity index (χ4n) is 3.76. The number of rotatable bonds is 3. The lowest BCUT2D eigenvalue weighted by Crippen LogP contribution is -2.39. The van der Waals surface area contributed by atoms with Crippen LogP contribution in [0.3, 0.4) is 0 Å². The van der Waals surface area contributed by atoms with Gasteiger partial charge < -0.3 is 4.90 Å². The van der Waals surface area contributed by atoms with Gasteiger partial charge in [-0.3, -0.25) is 14.7 Å². The largest absolute Gasteiger partial charge is 0.342 e. The van der Waals surface area contributed by atoms with Crippen LogP contribution < -0.4 is 10.5 Å². The maximum absolute atomic E-state index is 12.6. The molecule has 4 rings (SSSR count). The van der Waals surface area contributed by atoms with Gasteiger partial charge in [0.2, 0.25) is 5.95 Å². The minimum Gasteiger partial charge on any atom is -0.342 e. The van der Waals surface area contributed by atoms with Crippen LogP contribution in [0.2, 0.25) is 0 Å². The van der Waals surface area contributed by atoms with Gasteiger partial charge in [0.25, 0.3) is 5.56 Å². The number of anilines is 1. The average molecular weight is 344 g/mol. The molecule has 0 aliphatic carbocycles. The van der Waals surface area contributed by atoms with Crippen LogP contribution in [0.25, 0.3) is 0 Å². The van der Waals surface area contributed by atoms with Crippen LogP contribution in [0, 0.1) is 5.92 Å². The van der Waals surface area contributed by atoms with Gasteiger partial charge in [0, 0.05) is 44.0 Å². The maximum Gasteiger partial charge on any atom is 0.257 e. The average Bonchev–Trinajstić information content (AvgIpc) is 3.08. The highest BCUT2D eigenvalue weighted by atomic mass is 32.1. The molecule has 6 heteroatoms. The highest BCUT2D eigenvalue weighted by Gasteiger charge is 2.24. The number of aromatic nitrogens is 2. The van der Waals surface area contributed by atoms with Gasteiger partial charge in [-0.25, -0.2) is 4.98 Å². The van der Waals surface area contributed by atoms with Crippen molar-refractivity contribution in [2.24, 2.45) is 5.92 Å². The molecule has 5 nitrogen and oxygen atoms in total. The molecule has 2 aliphatic heterocycles. The van der Waals surface area contributed by atoms with Gasteiger partial charge in [-0.05, 0) is 30.2 Å². The first-order valence-corrected chi connectivity index (χ1v) is 9.69. The third kappa shape index (κ3) is 3.26. The first-order chi connectivity index (χ1) is 11.7. The van der Waals surface area contributed by atoms with Crippen molar-refractivity contribution in [2.45, 2.75) is 39.3 Å². The topological polar surface area (TPSA) is 52.2 Å². The molecular formula is C18H24N4OS. The SMILES string of the molecule is C[C@@H]1CCCN(c2nc3c(c(=O)[nH]2)CN(Cc2cccs2)CC3)C1. The van der Waals surface area contributed by atoms with Gasteiger partial charge in [0.05, 0.1) is 11.3 Å². The molecule has 0 unspecified atom stereocenters. The zero-order valence-electron chi connectivity index (χ0n) is 14.1. The third-order valence-corrected chi connectivity index (χ3v) is 5.91. The van der Waals surface area contributed by atoms with Crippen molar-refractivity contribution in [1.29, 1.82) is 0 Å². The van der Waals surface area contributed by atoms with Crippen molar-refractivity contribution < 1.29 is 0 Å². The highest BCUT2D eigenvalue weighted by molar-refractivity contribution is 7.09. The Labute approximate surface area is 146 Å². The molecule has 1 saturated heterocycles. The highest BCUT2D eigenvalue weighted by Crippen LogP contribution is 2.22. The molecule has 0 spiro atoms. The van der Waals surface area contributed by atoms with E-state index in [9.17, 15) is 4.79 Å². The van der Waals surface area contributed by atoms with Crippen LogP contribution in [0.1, 0.15) is 35.9 Å². The standard InChI is InChI=1S/C18H24N4OS/c1-13-4-2-7-22(10-13)18-19-16-6-8-21(11-14-5-3-9-24-14)12-15(16)17(23)20-18/h3,5,9,13H,2,4,6-8,10-12H2,1H3,(H,19,20,23)/t13-/m1/s1. The summed E-state index contributed by atoms with van der Waals surface area (Å²) in [6.45, 7) is 6.85. The van der Waals surface area contributed by atoms with E-state index in [1.54, 1.807) is 11.3 Å². The zero-order chi connectivity index (χ0) is 16.5. The molecule has 0 amide bonds. The summed E-state index contributed by atoms with van der Waals surface area (Å²) in [4.78, 5) is 26.4. The molecule has 2 aromatic heterocycles. The van der Waals surface area contributed by atoms with Gasteiger partial charge in [0.15, 0.2) is 0 Å². The summed E-state index contributed by atoms with van der Waals surface area (Å²) in [6.07, 6.45) is 3.31. The van der Waals surface area contributed by atoms with Crippen molar-refractivity contribution in [3.63, 3.8) is 0 Å². The van der Waals surface area contributed by atoms with Crippen LogP contribution in [0.15, 0.2) is 22.3 Å². The summed E-state index contributed by atoms with van der Waals surface area (Å²) in [6, 6.07) is 4.24. The normalized spacial score (nSPS) is 21.7. The molecule has 1 fully saturated rings. The number of piperidine rings is 1. The van der Waals surface area contributed by atoms with E-state index >= 15 is 0 Å². The van der Waals surface area contributed by atoms with Gasteiger partial charge in [0.1, 0.15) is 0 Å². The Balaban J connectivity index is 1.53. The summed E-state index contributed by atoms with van der Waals surface area (Å²) in [5.74, 6) is 1.44. The van der Waals surface area contributed by atoms with Crippen LogP contribution in [-0.4, -0.2) is 34.5 Å². The first kappa shape index (κ1) is 15.8. The second-order valence-electron chi connectivity index (χ2n) is 7.05. The van der Waals surface area contributed by atoms with E-state index in [-0.39, 0.29) is 5.56 Å². The predicted molar refractivity (Wildman–Crippen MR) is 97.6 cm³/mol. The molecule has 1 N–H and O–H groups in total. The number of aromatic amines is 1. The number of fused-ring (bicyclic) bond motifs is 1. The first-order valence-electron chi connectivity index (χ1n) is 8.81. The Morgan fingerprint density at radius 1 is 1.42 bits per heavy atom. The van der Waals surface area contributed by atoms with Crippen molar-refractivity contribution in [3.05, 3.63) is 44.0 Å². The number of H-pyrrole nitrogens is 1. The van der Waals surface area contributed by atoms with Gasteiger partial charge >= 0.3 is 0 Å². The van der Waals surface area contributed by atoms with E-state index < -0.39 is 0 Å². The van der Waals surface area contributed by atoms with E-state index in [4.69, 9.17) is 4.98 Å². The molecule has 0 aromatic carbocycles. The number of hydrogen-bond acceptors (Lipinski definition) is 5. The predicted octanol–water partition coefficient (Wildman–Crippen LogP) is 2.63. The quantitative estimate of drug-likeness (QED) is 0.930. The summed E-state index contributed by atoms with van der Waals surface area (Å²) in [5.41, 5.74) is 1.89. The molecule has 0 bridgehead atoms. The third-order valence-electron chi connectivity index (χ3n) is 5.05. The van der Waals surface area contributed by atoms with Gasteiger partial charge in [-0.15, -0.1) is 11.3 Å². The van der Waals surface area contributed by atoms with Gasteiger partial charge in [-0.1, -0.05) is 13.0 Å². The minimum atomic E-state index is 0.0455. The van der Waals surface area contributed by atoms with Crippen LogP contribution in [-0.2, 0) is 19.5 Å². The molecule has 128 valence electrons. The molecule has 0 saturated carbocycles. The lowest BCUT2D eigenvalue weighted by molar-refractivity contribution is 0.244. The molecular weight excluding hydrogens is 320 g/mol. The Kier molecular flexibility index (Phi) is 4.41. The minimum absolute atomic E-state index is 0.0455. The smallest absolute Gasteiger partial charge is 0.257 e. The van der Waals surface area contributed by atoms with Crippen LogP contribution >= 0.6 is 11.3 Å². The van der Waals surface area contributed by atoms with Gasteiger partial charge in [-0.2, -0.15) is 0 Å². The Morgan fingerprint density at radius 2 is 2.33 bits per heavy atom. The number of nitrogens with zero attached hydrogens (tertiary/aromatic N) is 3. The number of nitrogens with one attached hydrogen (secondary N) is 1. The van der Waals surface area contributed by atoms with E-state index in [2.05, 4.69) is 39.2 Å². The molecule has 4 heterocycles. The van der Waals surface area contributed by atoms with E-state index in [1.165, 1.54) is 17.7 Å². The van der Waals surface area contributed by atoms with Crippen molar-refractivity contribution in [1.82, 2.24) is 14.9 Å². The second kappa shape index (κ2) is 6.69. The summed E-state index contributed by atoms with van der Waals surface area (Å²) in [7, 11) is 0. The van der Waals surface area contributed by atoms with E-state index in [0.29, 0.717) is 12.5 Å². The monoisotopic (exact) mass is 344 g/mol. The Bertz CT molecular complexity index is 755. The van der Waals surface area contributed by atoms with Crippen molar-refractivity contribution in [2.75, 3.05) is 24.5 Å². The zero-order valence-corrected chi connectivity index (χ0v) is 14.9. The summed E-state index contributed by atoms with van der Waals surface area (Å²) >= 11 is 1.77. The fourth-order valence-corrected chi connectivity index (χ4v) is 4.50. The Hall–Kier alpha value is -1.66. The summed E-state index contributed by atoms with van der Waals surface area (Å²) < 4.78 is 0. The Morgan fingerprint density at radius 3 is 3.12 bits per heavy atom.